The van der Waals surface area contributed by atoms with E-state index < -0.39 is 0 Å². The first-order valence-corrected chi connectivity index (χ1v) is 9.76. The Morgan fingerprint density at radius 2 is 1.93 bits per heavy atom. The number of hydrogen-bond acceptors (Lipinski definition) is 4. The fourth-order valence-corrected chi connectivity index (χ4v) is 3.71. The monoisotopic (exact) mass is 383 g/mol. The van der Waals surface area contributed by atoms with E-state index in [1.54, 1.807) is 16.6 Å². The first-order valence-electron chi connectivity index (χ1n) is 9.76. The van der Waals surface area contributed by atoms with Crippen molar-refractivity contribution in [2.75, 3.05) is 33.2 Å². The fraction of sp³-hybridized carbons (Fsp3) is 0.476. The number of piperazine rings is 1. The van der Waals surface area contributed by atoms with Gasteiger partial charge in [0, 0.05) is 38.9 Å². The molecule has 2 heterocycles. The zero-order chi connectivity index (χ0) is 20.1. The summed E-state index contributed by atoms with van der Waals surface area (Å²) in [5.74, 6) is -0.0421. The molecule has 1 saturated heterocycles. The quantitative estimate of drug-likeness (QED) is 0.808. The van der Waals surface area contributed by atoms with Crippen LogP contribution in [0.15, 0.2) is 36.4 Å². The Hall–Kier alpha value is -2.67. The summed E-state index contributed by atoms with van der Waals surface area (Å²) in [6.07, 6.45) is 0.883. The Kier molecular flexibility index (Phi) is 6.46. The van der Waals surface area contributed by atoms with Crippen LogP contribution in [0, 0.1) is 13.8 Å². The molecule has 0 bridgehead atoms. The lowest BCUT2D eigenvalue weighted by atomic mass is 10.1. The normalized spacial score (nSPS) is 17.5. The third kappa shape index (κ3) is 4.78. The molecule has 2 aromatic rings. The molecule has 3 rings (SSSR count). The molecule has 1 aromatic carbocycles. The van der Waals surface area contributed by atoms with Crippen molar-refractivity contribution >= 4 is 11.8 Å². The van der Waals surface area contributed by atoms with Gasteiger partial charge >= 0.3 is 0 Å². The van der Waals surface area contributed by atoms with Crippen molar-refractivity contribution in [3.63, 3.8) is 0 Å². The Morgan fingerprint density at radius 1 is 1.18 bits per heavy atom. The van der Waals surface area contributed by atoms with E-state index in [1.807, 2.05) is 38.1 Å². The number of carbonyl (C=O) groups is 2. The van der Waals surface area contributed by atoms with Gasteiger partial charge in [-0.15, -0.1) is 0 Å². The van der Waals surface area contributed by atoms with E-state index in [1.165, 1.54) is 5.56 Å². The molecule has 1 aliphatic rings. The van der Waals surface area contributed by atoms with Gasteiger partial charge in [-0.25, -0.2) is 0 Å². The zero-order valence-corrected chi connectivity index (χ0v) is 16.9. The number of amides is 2. The largest absolute Gasteiger partial charge is 0.358 e. The van der Waals surface area contributed by atoms with E-state index in [0.717, 1.165) is 24.4 Å². The van der Waals surface area contributed by atoms with Crippen molar-refractivity contribution < 1.29 is 9.59 Å². The van der Waals surface area contributed by atoms with Gasteiger partial charge < -0.3 is 10.2 Å². The molecule has 1 atom stereocenters. The van der Waals surface area contributed by atoms with E-state index in [2.05, 4.69) is 27.4 Å². The molecule has 150 valence electrons. The maximum Gasteiger partial charge on any atom is 0.244 e. The van der Waals surface area contributed by atoms with Crippen molar-refractivity contribution in [2.45, 2.75) is 32.9 Å². The summed E-state index contributed by atoms with van der Waals surface area (Å²) in [6.45, 7) is 6.59. The number of aromatic nitrogens is 2. The van der Waals surface area contributed by atoms with Crippen LogP contribution in [0.2, 0.25) is 0 Å². The first-order chi connectivity index (χ1) is 13.5. The highest BCUT2D eigenvalue weighted by molar-refractivity contribution is 5.83. The molecule has 7 nitrogen and oxygen atoms in total. The van der Waals surface area contributed by atoms with Crippen LogP contribution in [0.4, 0.5) is 0 Å². The summed E-state index contributed by atoms with van der Waals surface area (Å²) < 4.78 is 1.73. The second-order valence-electron chi connectivity index (χ2n) is 7.33. The molecular formula is C21H29N5O2. The number of rotatable bonds is 6. The van der Waals surface area contributed by atoms with Gasteiger partial charge in [0.05, 0.1) is 5.69 Å². The number of aryl methyl sites for hydroxylation is 2. The predicted octanol–water partition coefficient (Wildman–Crippen LogP) is 1.00. The van der Waals surface area contributed by atoms with Crippen LogP contribution in [0.3, 0.4) is 0 Å². The van der Waals surface area contributed by atoms with Crippen molar-refractivity contribution in [2.24, 2.45) is 0 Å². The number of carbonyl (C=O) groups excluding carboxylic acids is 2. The fourth-order valence-electron chi connectivity index (χ4n) is 3.71. The highest BCUT2D eigenvalue weighted by atomic mass is 16.2. The summed E-state index contributed by atoms with van der Waals surface area (Å²) in [5.41, 5.74) is 3.12. The molecule has 0 saturated carbocycles. The maximum atomic E-state index is 12.8. The topological polar surface area (TPSA) is 70.5 Å². The van der Waals surface area contributed by atoms with Crippen LogP contribution in [-0.4, -0.2) is 70.7 Å². The molecule has 0 radical (unpaired) electrons. The molecule has 1 N–H and O–H groups in total. The van der Waals surface area contributed by atoms with Gasteiger partial charge in [-0.1, -0.05) is 30.3 Å². The number of nitrogens with one attached hydrogen (secondary N) is 1. The van der Waals surface area contributed by atoms with Gasteiger partial charge in [0.15, 0.2) is 0 Å². The minimum Gasteiger partial charge on any atom is -0.358 e. The Morgan fingerprint density at radius 3 is 2.57 bits per heavy atom. The Balaban J connectivity index is 1.63. The van der Waals surface area contributed by atoms with Crippen molar-refractivity contribution in [1.82, 2.24) is 24.9 Å². The van der Waals surface area contributed by atoms with Crippen molar-refractivity contribution in [3.05, 3.63) is 53.3 Å². The average molecular weight is 383 g/mol. The van der Waals surface area contributed by atoms with Gasteiger partial charge in [-0.2, -0.15) is 5.10 Å². The molecule has 7 heteroatoms. The third-order valence-electron chi connectivity index (χ3n) is 5.31. The molecule has 0 spiro atoms. The lowest BCUT2D eigenvalue weighted by Crippen LogP contribution is -2.60. The number of benzene rings is 1. The van der Waals surface area contributed by atoms with Crippen LogP contribution >= 0.6 is 0 Å². The predicted molar refractivity (Wildman–Crippen MR) is 108 cm³/mol. The summed E-state index contributed by atoms with van der Waals surface area (Å²) in [5, 5.41) is 7.12. The summed E-state index contributed by atoms with van der Waals surface area (Å²) in [7, 11) is 1.65. The van der Waals surface area contributed by atoms with Crippen LogP contribution in [-0.2, 0) is 22.6 Å². The third-order valence-corrected chi connectivity index (χ3v) is 5.31. The molecule has 1 aromatic heterocycles. The number of nitrogens with zero attached hydrogens (tertiary/aromatic N) is 4. The van der Waals surface area contributed by atoms with E-state index in [0.29, 0.717) is 19.6 Å². The van der Waals surface area contributed by atoms with Crippen LogP contribution in [0.5, 0.6) is 0 Å². The van der Waals surface area contributed by atoms with Crippen LogP contribution in [0.1, 0.15) is 17.0 Å². The standard InChI is InChI=1S/C21H29N5O2/c1-16-13-17(2)26(23-16)15-20(27)25-12-11-24(19(14-25)21(28)22-3)10-9-18-7-5-4-6-8-18/h4-8,13,19H,9-12,14-15H2,1-3H3,(H,22,28)/t19-/m0/s1. The van der Waals surface area contributed by atoms with Crippen LogP contribution < -0.4 is 5.32 Å². The van der Waals surface area contributed by atoms with E-state index in [9.17, 15) is 9.59 Å². The second kappa shape index (κ2) is 9.01. The Bertz CT molecular complexity index is 817. The molecule has 2 amide bonds. The average Bonchev–Trinajstić information content (AvgIpc) is 3.03. The van der Waals surface area contributed by atoms with Gasteiger partial charge in [0.1, 0.15) is 12.6 Å². The summed E-state index contributed by atoms with van der Waals surface area (Å²) >= 11 is 0. The minimum absolute atomic E-state index is 0.00260. The first kappa shape index (κ1) is 20.1. The van der Waals surface area contributed by atoms with Crippen molar-refractivity contribution in [1.29, 1.82) is 0 Å². The van der Waals surface area contributed by atoms with E-state index >= 15 is 0 Å². The smallest absolute Gasteiger partial charge is 0.244 e. The van der Waals surface area contributed by atoms with Gasteiger partial charge in [0.25, 0.3) is 0 Å². The molecule has 1 aliphatic heterocycles. The highest BCUT2D eigenvalue weighted by Crippen LogP contribution is 2.13. The molecule has 28 heavy (non-hydrogen) atoms. The van der Waals surface area contributed by atoms with E-state index in [4.69, 9.17) is 0 Å². The van der Waals surface area contributed by atoms with Gasteiger partial charge in [-0.3, -0.25) is 19.2 Å². The second-order valence-corrected chi connectivity index (χ2v) is 7.33. The summed E-state index contributed by atoms with van der Waals surface area (Å²) in [6, 6.07) is 11.9. The van der Waals surface area contributed by atoms with Crippen LogP contribution in [0.25, 0.3) is 0 Å². The van der Waals surface area contributed by atoms with Crippen molar-refractivity contribution in [3.8, 4) is 0 Å². The minimum atomic E-state index is -0.327. The molecule has 0 unspecified atom stereocenters. The molecule has 1 fully saturated rings. The van der Waals surface area contributed by atoms with E-state index in [-0.39, 0.29) is 24.4 Å². The lowest BCUT2D eigenvalue weighted by molar-refractivity contribution is -0.138. The number of hydrogen-bond donors (Lipinski definition) is 1. The lowest BCUT2D eigenvalue weighted by Gasteiger charge is -2.40. The SMILES string of the molecule is CNC(=O)[C@@H]1CN(C(=O)Cn2nc(C)cc2C)CCN1CCc1ccccc1. The summed E-state index contributed by atoms with van der Waals surface area (Å²) in [4.78, 5) is 29.2. The highest BCUT2D eigenvalue weighted by Gasteiger charge is 2.33. The Labute approximate surface area is 166 Å². The zero-order valence-electron chi connectivity index (χ0n) is 16.9. The molecular weight excluding hydrogens is 354 g/mol. The number of likely N-dealkylation sites (N-methyl/N-ethyl adjacent to an activating group) is 1. The van der Waals surface area contributed by atoms with Gasteiger partial charge in [-0.05, 0) is 31.9 Å². The maximum absolute atomic E-state index is 12.8. The van der Waals surface area contributed by atoms with Gasteiger partial charge in [0.2, 0.25) is 11.8 Å². The molecule has 0 aliphatic carbocycles.